The summed E-state index contributed by atoms with van der Waals surface area (Å²) in [6, 6.07) is 8.49. The molecule has 1 aromatic rings. The zero-order valence-electron chi connectivity index (χ0n) is 15.6. The number of nitrogens with zero attached hydrogens (tertiary/aromatic N) is 2. The third-order valence-electron chi connectivity index (χ3n) is 5.44. The predicted molar refractivity (Wildman–Crippen MR) is 99.2 cm³/mol. The van der Waals surface area contributed by atoms with E-state index in [0.717, 1.165) is 31.9 Å². The molecule has 1 atom stereocenters. The number of benzene rings is 1. The van der Waals surface area contributed by atoms with Crippen LogP contribution in [0.25, 0.3) is 0 Å². The van der Waals surface area contributed by atoms with Crippen LogP contribution in [0, 0.1) is 6.92 Å². The molecule has 5 heteroatoms. The third kappa shape index (κ3) is 5.17. The average Bonchev–Trinajstić information content (AvgIpc) is 2.84. The van der Waals surface area contributed by atoms with Crippen LogP contribution in [0.1, 0.15) is 25.3 Å². The van der Waals surface area contributed by atoms with Crippen molar-refractivity contribution in [3.05, 3.63) is 29.8 Å². The zero-order chi connectivity index (χ0) is 17.7. The molecule has 0 bridgehead atoms. The smallest absolute Gasteiger partial charge is 0.134 e. The van der Waals surface area contributed by atoms with Crippen LogP contribution in [-0.2, 0) is 4.74 Å². The molecular formula is C20H32N2O3. The SMILES string of the molecule is CCN1CCC(N2CCOC[C@@](O)(COc3ccc(C)cc3)C2)CC1. The second kappa shape index (κ2) is 8.49. The van der Waals surface area contributed by atoms with E-state index in [2.05, 4.69) is 23.6 Å². The Kier molecular flexibility index (Phi) is 6.34. The van der Waals surface area contributed by atoms with E-state index < -0.39 is 5.60 Å². The topological polar surface area (TPSA) is 45.2 Å². The number of hydrogen-bond donors (Lipinski definition) is 1. The van der Waals surface area contributed by atoms with E-state index in [9.17, 15) is 5.11 Å². The van der Waals surface area contributed by atoms with Gasteiger partial charge in [0.15, 0.2) is 0 Å². The van der Waals surface area contributed by atoms with Crippen LogP contribution in [0.15, 0.2) is 24.3 Å². The number of ether oxygens (including phenoxy) is 2. The third-order valence-corrected chi connectivity index (χ3v) is 5.44. The van der Waals surface area contributed by atoms with Crippen molar-refractivity contribution in [2.75, 3.05) is 52.5 Å². The van der Waals surface area contributed by atoms with Gasteiger partial charge in [0.2, 0.25) is 0 Å². The highest BCUT2D eigenvalue weighted by atomic mass is 16.5. The molecule has 0 radical (unpaired) electrons. The molecule has 0 unspecified atom stereocenters. The van der Waals surface area contributed by atoms with Crippen LogP contribution in [0.4, 0.5) is 0 Å². The lowest BCUT2D eigenvalue weighted by Crippen LogP contribution is -2.53. The lowest BCUT2D eigenvalue weighted by atomic mass is 9.99. The standard InChI is InChI=1S/C20H32N2O3/c1-3-21-10-8-18(9-11-21)22-12-13-24-15-20(23,14-22)16-25-19-6-4-17(2)5-7-19/h4-7,18,23H,3,8-16H2,1-2H3/t20-/m1/s1. The zero-order valence-corrected chi connectivity index (χ0v) is 15.6. The molecule has 3 rings (SSSR count). The lowest BCUT2D eigenvalue weighted by Gasteiger charge is -2.40. The molecule has 2 aliphatic rings. The Balaban J connectivity index is 1.57. The van der Waals surface area contributed by atoms with Crippen molar-refractivity contribution in [3.8, 4) is 5.75 Å². The molecular weight excluding hydrogens is 316 g/mol. The molecule has 2 saturated heterocycles. The van der Waals surface area contributed by atoms with Crippen molar-refractivity contribution in [1.29, 1.82) is 0 Å². The molecule has 1 N–H and O–H groups in total. The fourth-order valence-corrected chi connectivity index (χ4v) is 3.80. The van der Waals surface area contributed by atoms with Crippen LogP contribution in [0.2, 0.25) is 0 Å². The van der Waals surface area contributed by atoms with Crippen molar-refractivity contribution in [2.45, 2.75) is 38.3 Å². The van der Waals surface area contributed by atoms with Crippen LogP contribution in [0.5, 0.6) is 5.75 Å². The fourth-order valence-electron chi connectivity index (χ4n) is 3.80. The van der Waals surface area contributed by atoms with Crippen molar-refractivity contribution < 1.29 is 14.6 Å². The maximum absolute atomic E-state index is 11.1. The Labute approximate surface area is 151 Å². The molecule has 2 fully saturated rings. The predicted octanol–water partition coefficient (Wildman–Crippen LogP) is 1.92. The number of piperidine rings is 1. The number of rotatable bonds is 5. The van der Waals surface area contributed by atoms with E-state index in [0.29, 0.717) is 25.8 Å². The van der Waals surface area contributed by atoms with Gasteiger partial charge >= 0.3 is 0 Å². The van der Waals surface area contributed by atoms with E-state index in [1.165, 1.54) is 18.4 Å². The van der Waals surface area contributed by atoms with Crippen LogP contribution < -0.4 is 4.74 Å². The quantitative estimate of drug-likeness (QED) is 0.881. The molecule has 2 heterocycles. The van der Waals surface area contributed by atoms with Crippen molar-refractivity contribution in [2.24, 2.45) is 0 Å². The van der Waals surface area contributed by atoms with Gasteiger partial charge in [-0.2, -0.15) is 0 Å². The van der Waals surface area contributed by atoms with Gasteiger partial charge in [-0.1, -0.05) is 24.6 Å². The van der Waals surface area contributed by atoms with Crippen molar-refractivity contribution in [1.82, 2.24) is 9.80 Å². The van der Waals surface area contributed by atoms with Crippen molar-refractivity contribution in [3.63, 3.8) is 0 Å². The van der Waals surface area contributed by atoms with E-state index in [1.54, 1.807) is 0 Å². The van der Waals surface area contributed by atoms with E-state index in [4.69, 9.17) is 9.47 Å². The number of aryl methyl sites for hydroxylation is 1. The summed E-state index contributed by atoms with van der Waals surface area (Å²) in [4.78, 5) is 4.91. The van der Waals surface area contributed by atoms with Gasteiger partial charge < -0.3 is 19.5 Å². The molecule has 0 amide bonds. The minimum absolute atomic E-state index is 0.264. The monoisotopic (exact) mass is 348 g/mol. The highest BCUT2D eigenvalue weighted by Gasteiger charge is 2.36. The summed E-state index contributed by atoms with van der Waals surface area (Å²) in [6.45, 7) is 10.5. The Bertz CT molecular complexity index is 528. The van der Waals surface area contributed by atoms with Gasteiger partial charge in [-0.3, -0.25) is 4.90 Å². The fraction of sp³-hybridized carbons (Fsp3) is 0.700. The van der Waals surface area contributed by atoms with Gasteiger partial charge in [-0.25, -0.2) is 0 Å². The van der Waals surface area contributed by atoms with E-state index >= 15 is 0 Å². The van der Waals surface area contributed by atoms with Gasteiger partial charge in [0.1, 0.15) is 18.0 Å². The van der Waals surface area contributed by atoms with Gasteiger partial charge in [-0.05, 0) is 51.5 Å². The minimum atomic E-state index is -0.955. The minimum Gasteiger partial charge on any atom is -0.490 e. The summed E-state index contributed by atoms with van der Waals surface area (Å²) in [5.74, 6) is 0.797. The van der Waals surface area contributed by atoms with Crippen LogP contribution >= 0.6 is 0 Å². The number of aliphatic hydroxyl groups is 1. The lowest BCUT2D eigenvalue weighted by molar-refractivity contribution is -0.0689. The summed E-state index contributed by atoms with van der Waals surface area (Å²) < 4.78 is 11.6. The Morgan fingerprint density at radius 3 is 2.60 bits per heavy atom. The number of β-amino-alcohol motifs (C(OH)–C–C–N with tert-alkyl or cyclic N) is 1. The van der Waals surface area contributed by atoms with Gasteiger partial charge in [0, 0.05) is 19.1 Å². The Morgan fingerprint density at radius 1 is 1.20 bits per heavy atom. The number of likely N-dealkylation sites (tertiary alicyclic amines) is 1. The summed E-state index contributed by atoms with van der Waals surface area (Å²) in [6.07, 6.45) is 2.34. The largest absolute Gasteiger partial charge is 0.490 e. The molecule has 0 aliphatic carbocycles. The first kappa shape index (κ1) is 18.6. The highest BCUT2D eigenvalue weighted by molar-refractivity contribution is 5.26. The average molecular weight is 348 g/mol. The van der Waals surface area contributed by atoms with E-state index in [1.807, 2.05) is 24.3 Å². The molecule has 140 valence electrons. The first-order valence-electron chi connectivity index (χ1n) is 9.54. The molecule has 0 saturated carbocycles. The molecule has 2 aliphatic heterocycles. The molecule has 25 heavy (non-hydrogen) atoms. The molecule has 5 nitrogen and oxygen atoms in total. The van der Waals surface area contributed by atoms with E-state index in [-0.39, 0.29) is 6.61 Å². The first-order chi connectivity index (χ1) is 12.1. The highest BCUT2D eigenvalue weighted by Crippen LogP contribution is 2.22. The van der Waals surface area contributed by atoms with Crippen LogP contribution in [0.3, 0.4) is 0 Å². The van der Waals surface area contributed by atoms with Crippen LogP contribution in [-0.4, -0.2) is 79.1 Å². The molecule has 0 aromatic heterocycles. The molecule has 0 spiro atoms. The normalized spacial score (nSPS) is 27.2. The Morgan fingerprint density at radius 2 is 1.92 bits per heavy atom. The number of hydrogen-bond acceptors (Lipinski definition) is 5. The van der Waals surface area contributed by atoms with Gasteiger partial charge in [0.25, 0.3) is 0 Å². The molecule has 1 aromatic carbocycles. The van der Waals surface area contributed by atoms with Crippen molar-refractivity contribution >= 4 is 0 Å². The summed E-state index contributed by atoms with van der Waals surface area (Å²) in [5.41, 5.74) is 0.247. The Hall–Kier alpha value is -1.14. The summed E-state index contributed by atoms with van der Waals surface area (Å²) in [7, 11) is 0. The second-order valence-corrected chi connectivity index (χ2v) is 7.51. The second-order valence-electron chi connectivity index (χ2n) is 7.51. The summed E-state index contributed by atoms with van der Waals surface area (Å²) in [5, 5.41) is 11.1. The first-order valence-corrected chi connectivity index (χ1v) is 9.54. The van der Waals surface area contributed by atoms with Gasteiger partial charge in [-0.15, -0.1) is 0 Å². The maximum Gasteiger partial charge on any atom is 0.134 e. The maximum atomic E-state index is 11.1. The summed E-state index contributed by atoms with van der Waals surface area (Å²) >= 11 is 0. The van der Waals surface area contributed by atoms with Gasteiger partial charge in [0.05, 0.1) is 13.2 Å².